The highest BCUT2D eigenvalue weighted by Gasteiger charge is 2.49. The van der Waals surface area contributed by atoms with Gasteiger partial charge in [0.1, 0.15) is 0 Å². The van der Waals surface area contributed by atoms with Crippen LogP contribution in [0.3, 0.4) is 0 Å². The molecule has 0 amide bonds. The zero-order chi connectivity index (χ0) is 20.3. The summed E-state index contributed by atoms with van der Waals surface area (Å²) in [6.45, 7) is 18.7. The van der Waals surface area contributed by atoms with Gasteiger partial charge in [-0.2, -0.15) is 9.05 Å². The molecule has 148 valence electrons. The fourth-order valence-electron chi connectivity index (χ4n) is 2.54. The second-order valence-electron chi connectivity index (χ2n) is 9.89. The van der Waals surface area contributed by atoms with Crippen molar-refractivity contribution in [2.24, 2.45) is 10.8 Å². The monoisotopic (exact) mass is 387 g/mol. The van der Waals surface area contributed by atoms with E-state index in [0.29, 0.717) is 13.2 Å². The van der Waals surface area contributed by atoms with Gasteiger partial charge in [-0.15, -0.1) is 0 Å². The van der Waals surface area contributed by atoms with Crippen LogP contribution in [0.1, 0.15) is 52.7 Å². The van der Waals surface area contributed by atoms with Gasteiger partial charge in [0, 0.05) is 0 Å². The van der Waals surface area contributed by atoms with Crippen molar-refractivity contribution in [1.82, 2.24) is 0 Å². The summed E-state index contributed by atoms with van der Waals surface area (Å²) in [5.41, 5.74) is 2.61. The Balaban J connectivity index is 2.58. The average molecular weight is 388 g/mol. The van der Waals surface area contributed by atoms with Crippen LogP contribution in [0.5, 0.6) is 0 Å². The van der Waals surface area contributed by atoms with Crippen LogP contribution in [0.25, 0.3) is 0 Å². The first-order valence-electron chi connectivity index (χ1n) is 9.74. The van der Waals surface area contributed by atoms with Crippen LogP contribution in [0.4, 0.5) is 0 Å². The van der Waals surface area contributed by atoms with Crippen LogP contribution in [-0.2, 0) is 9.05 Å². The largest absolute Gasteiger partial charge is 0.339 e. The predicted molar refractivity (Wildman–Crippen MR) is 119 cm³/mol. The molecule has 0 radical (unpaired) electrons. The van der Waals surface area contributed by atoms with Gasteiger partial charge in [-0.25, -0.2) is 0 Å². The maximum absolute atomic E-state index is 6.73. The maximum atomic E-state index is 6.73. The van der Waals surface area contributed by atoms with E-state index in [4.69, 9.17) is 9.05 Å². The van der Waals surface area contributed by atoms with Crippen LogP contribution in [0.2, 0.25) is 0 Å². The van der Waals surface area contributed by atoms with Crippen LogP contribution < -0.4 is 10.6 Å². The fraction of sp³-hybridized carbons (Fsp3) is 0.500. The standard InChI is InChI=1S/C24H36O2P/c1-19-9-13-21(14-10-19)27(25-17-23(3,4)5,26-18-24(6,7)8)22-15-11-20(2)12-16-22/h9-16H,17-18H2,1-8H3/q+1. The minimum atomic E-state index is -2.43. The molecule has 0 unspecified atom stereocenters. The van der Waals surface area contributed by atoms with Gasteiger partial charge in [0.25, 0.3) is 0 Å². The van der Waals surface area contributed by atoms with Crippen molar-refractivity contribution in [3.05, 3.63) is 59.7 Å². The molecule has 2 aromatic rings. The third-order valence-electron chi connectivity index (χ3n) is 4.11. The molecule has 0 aliphatic heterocycles. The fourth-order valence-corrected chi connectivity index (χ4v) is 5.73. The Bertz CT molecular complexity index is 653. The lowest BCUT2D eigenvalue weighted by molar-refractivity contribution is 0.146. The van der Waals surface area contributed by atoms with E-state index in [1.807, 2.05) is 0 Å². The first-order chi connectivity index (χ1) is 12.4. The minimum absolute atomic E-state index is 0.0612. The molecule has 2 aromatic carbocycles. The first-order valence-corrected chi connectivity index (χ1v) is 11.4. The van der Waals surface area contributed by atoms with Crippen LogP contribution in [0, 0.1) is 24.7 Å². The van der Waals surface area contributed by atoms with Gasteiger partial charge in [0.05, 0.1) is 13.2 Å². The topological polar surface area (TPSA) is 18.5 Å². The SMILES string of the molecule is Cc1ccc([P+](OCC(C)(C)C)(OCC(C)(C)C)c2ccc(C)cc2)cc1. The summed E-state index contributed by atoms with van der Waals surface area (Å²) < 4.78 is 13.5. The Kier molecular flexibility index (Phi) is 6.90. The Morgan fingerprint density at radius 3 is 1.15 bits per heavy atom. The molecule has 0 saturated heterocycles. The van der Waals surface area contributed by atoms with E-state index in [9.17, 15) is 0 Å². The minimum Gasteiger partial charge on any atom is -0.195 e. The van der Waals surface area contributed by atoms with Crippen molar-refractivity contribution in [2.75, 3.05) is 13.2 Å². The lowest BCUT2D eigenvalue weighted by Gasteiger charge is -2.29. The highest BCUT2D eigenvalue weighted by molar-refractivity contribution is 7.81. The van der Waals surface area contributed by atoms with Gasteiger partial charge < -0.3 is 0 Å². The van der Waals surface area contributed by atoms with Crippen molar-refractivity contribution < 1.29 is 9.05 Å². The second-order valence-corrected chi connectivity index (χ2v) is 12.5. The summed E-state index contributed by atoms with van der Waals surface area (Å²) in [6, 6.07) is 17.3. The molecule has 2 rings (SSSR count). The molecule has 0 spiro atoms. The number of hydrogen-bond acceptors (Lipinski definition) is 2. The molecule has 2 nitrogen and oxygen atoms in total. The van der Waals surface area contributed by atoms with E-state index in [1.165, 1.54) is 11.1 Å². The molecule has 0 fully saturated rings. The second kappa shape index (κ2) is 8.43. The number of benzene rings is 2. The quantitative estimate of drug-likeness (QED) is 0.547. The zero-order valence-electron chi connectivity index (χ0n) is 18.3. The molecule has 0 bridgehead atoms. The maximum Gasteiger partial charge on any atom is 0.339 e. The molecule has 0 aromatic heterocycles. The summed E-state index contributed by atoms with van der Waals surface area (Å²) in [5, 5.41) is 2.29. The first kappa shape index (κ1) is 22.1. The van der Waals surface area contributed by atoms with Gasteiger partial charge in [-0.3, -0.25) is 0 Å². The van der Waals surface area contributed by atoms with Crippen LogP contribution in [0.15, 0.2) is 48.5 Å². The molecule has 3 heteroatoms. The Morgan fingerprint density at radius 1 is 0.593 bits per heavy atom. The molecule has 0 aliphatic carbocycles. The van der Waals surface area contributed by atoms with Gasteiger partial charge in [0.15, 0.2) is 10.6 Å². The number of aryl methyl sites for hydroxylation is 2. The van der Waals surface area contributed by atoms with Gasteiger partial charge in [-0.1, -0.05) is 76.9 Å². The highest BCUT2D eigenvalue weighted by atomic mass is 31.2. The molecular formula is C24H36O2P+. The van der Waals surface area contributed by atoms with E-state index < -0.39 is 7.72 Å². The lowest BCUT2D eigenvalue weighted by atomic mass is 9.99. The predicted octanol–water partition coefficient (Wildman–Crippen LogP) is 6.23. The van der Waals surface area contributed by atoms with Crippen LogP contribution >= 0.6 is 7.72 Å². The van der Waals surface area contributed by atoms with E-state index >= 15 is 0 Å². The molecule has 0 heterocycles. The average Bonchev–Trinajstić information content (AvgIpc) is 2.56. The van der Waals surface area contributed by atoms with Gasteiger partial charge in [0.2, 0.25) is 0 Å². The highest BCUT2D eigenvalue weighted by Crippen LogP contribution is 2.60. The van der Waals surface area contributed by atoms with Crippen molar-refractivity contribution in [3.63, 3.8) is 0 Å². The summed E-state index contributed by atoms with van der Waals surface area (Å²) in [4.78, 5) is 0. The van der Waals surface area contributed by atoms with E-state index in [0.717, 1.165) is 10.6 Å². The third-order valence-corrected chi connectivity index (χ3v) is 7.05. The van der Waals surface area contributed by atoms with Crippen molar-refractivity contribution in [3.8, 4) is 0 Å². The summed E-state index contributed by atoms with van der Waals surface area (Å²) in [6.07, 6.45) is 0. The van der Waals surface area contributed by atoms with Crippen molar-refractivity contribution in [2.45, 2.75) is 55.4 Å². The number of hydrogen-bond donors (Lipinski definition) is 0. The van der Waals surface area contributed by atoms with Crippen molar-refractivity contribution >= 4 is 18.3 Å². The lowest BCUT2D eigenvalue weighted by Crippen LogP contribution is -2.31. The molecule has 0 aliphatic rings. The van der Waals surface area contributed by atoms with Crippen LogP contribution in [-0.4, -0.2) is 13.2 Å². The Morgan fingerprint density at radius 2 is 0.889 bits per heavy atom. The van der Waals surface area contributed by atoms with E-state index in [-0.39, 0.29) is 10.8 Å². The summed E-state index contributed by atoms with van der Waals surface area (Å²) in [5.74, 6) is 0. The van der Waals surface area contributed by atoms with E-state index in [1.54, 1.807) is 0 Å². The molecule has 0 saturated carbocycles. The molecule has 27 heavy (non-hydrogen) atoms. The van der Waals surface area contributed by atoms with Crippen molar-refractivity contribution in [1.29, 1.82) is 0 Å². The van der Waals surface area contributed by atoms with E-state index in [2.05, 4.69) is 104 Å². The molecule has 0 atom stereocenters. The summed E-state index contributed by atoms with van der Waals surface area (Å²) >= 11 is 0. The third kappa shape index (κ3) is 6.42. The Hall–Kier alpha value is -1.21. The van der Waals surface area contributed by atoms with Gasteiger partial charge >= 0.3 is 7.72 Å². The number of rotatable bonds is 6. The molecular weight excluding hydrogens is 351 g/mol. The zero-order valence-corrected chi connectivity index (χ0v) is 19.2. The normalized spacial score (nSPS) is 13.0. The van der Waals surface area contributed by atoms with Gasteiger partial charge in [-0.05, 0) is 48.9 Å². The smallest absolute Gasteiger partial charge is 0.195 e. The Labute approximate surface area is 166 Å². The summed E-state index contributed by atoms with van der Waals surface area (Å²) in [7, 11) is -2.43. The molecule has 0 N–H and O–H groups in total.